The highest BCUT2D eigenvalue weighted by molar-refractivity contribution is 7.90. The minimum atomic E-state index is -3.60. The number of hydrogen-bond donors (Lipinski definition) is 0. The summed E-state index contributed by atoms with van der Waals surface area (Å²) in [6.45, 7) is 0. The minimum Gasteiger partial charge on any atom is -0.288 e. The summed E-state index contributed by atoms with van der Waals surface area (Å²) in [6, 6.07) is 5.87. The van der Waals surface area contributed by atoms with E-state index in [1.165, 1.54) is 18.2 Å². The van der Waals surface area contributed by atoms with Gasteiger partial charge in [-0.3, -0.25) is 4.79 Å². The van der Waals surface area contributed by atoms with Crippen LogP contribution < -0.4 is 0 Å². The number of ketones is 1. The first-order chi connectivity index (χ1) is 9.32. The molecule has 0 atom stereocenters. The molecular formula is C14H12ClNO3S. The Labute approximate surface area is 122 Å². The van der Waals surface area contributed by atoms with Crippen LogP contribution in [0.1, 0.15) is 23.2 Å². The van der Waals surface area contributed by atoms with Crippen LogP contribution in [0.3, 0.4) is 0 Å². The molecule has 1 aromatic rings. The third-order valence-electron chi connectivity index (χ3n) is 2.98. The number of carbonyl (C=O) groups is 1. The van der Waals surface area contributed by atoms with Crippen LogP contribution in [0.25, 0.3) is 0 Å². The number of Topliss-reactive ketones (excluding diaryl/α,β-unsaturated/α-hetero) is 1. The van der Waals surface area contributed by atoms with Crippen LogP contribution >= 0.6 is 11.6 Å². The highest BCUT2D eigenvalue weighted by atomic mass is 35.5. The SMILES string of the molecule is CS(=O)(=O)c1cc(Cl)ccc1C(=O)C(C#N)=CC1CC1. The van der Waals surface area contributed by atoms with Crippen molar-refractivity contribution < 1.29 is 13.2 Å². The van der Waals surface area contributed by atoms with E-state index < -0.39 is 15.6 Å². The highest BCUT2D eigenvalue weighted by Gasteiger charge is 2.25. The predicted octanol–water partition coefficient (Wildman–Crippen LogP) is 2.79. The van der Waals surface area contributed by atoms with Gasteiger partial charge in [0.25, 0.3) is 0 Å². The Kier molecular flexibility index (Phi) is 3.98. The molecular weight excluding hydrogens is 298 g/mol. The van der Waals surface area contributed by atoms with E-state index in [9.17, 15) is 13.2 Å². The number of allylic oxidation sites excluding steroid dienone is 2. The lowest BCUT2D eigenvalue weighted by molar-refractivity contribution is 0.103. The summed E-state index contributed by atoms with van der Waals surface area (Å²) in [4.78, 5) is 12.2. The van der Waals surface area contributed by atoms with Crippen LogP contribution in [0.4, 0.5) is 0 Å². The van der Waals surface area contributed by atoms with E-state index in [0.29, 0.717) is 0 Å². The van der Waals surface area contributed by atoms with Crippen LogP contribution in [0.2, 0.25) is 5.02 Å². The molecule has 0 radical (unpaired) electrons. The monoisotopic (exact) mass is 309 g/mol. The average molecular weight is 310 g/mol. The maximum atomic E-state index is 12.3. The van der Waals surface area contributed by atoms with Crippen molar-refractivity contribution >= 4 is 27.2 Å². The number of rotatable bonds is 4. The Morgan fingerprint density at radius 2 is 2.10 bits per heavy atom. The molecule has 0 aromatic heterocycles. The number of nitrogens with zero attached hydrogens (tertiary/aromatic N) is 1. The standard InChI is InChI=1S/C14H12ClNO3S/c1-20(18,19)13-7-11(15)4-5-12(13)14(17)10(8-16)6-9-2-3-9/h4-7,9H,2-3H2,1H3. The zero-order valence-electron chi connectivity index (χ0n) is 10.8. The van der Waals surface area contributed by atoms with E-state index in [-0.39, 0.29) is 27.0 Å². The van der Waals surface area contributed by atoms with Crippen LogP contribution in [0.15, 0.2) is 34.7 Å². The zero-order valence-corrected chi connectivity index (χ0v) is 12.3. The fraction of sp³-hybridized carbons (Fsp3) is 0.286. The van der Waals surface area contributed by atoms with Gasteiger partial charge >= 0.3 is 0 Å². The molecule has 20 heavy (non-hydrogen) atoms. The summed E-state index contributed by atoms with van der Waals surface area (Å²) in [5.41, 5.74) is -0.0231. The van der Waals surface area contributed by atoms with Gasteiger partial charge in [-0.1, -0.05) is 17.7 Å². The largest absolute Gasteiger partial charge is 0.288 e. The predicted molar refractivity (Wildman–Crippen MR) is 75.3 cm³/mol. The molecule has 1 aliphatic carbocycles. The number of halogens is 1. The van der Waals surface area contributed by atoms with Crippen LogP contribution in [0.5, 0.6) is 0 Å². The quantitative estimate of drug-likeness (QED) is 0.487. The van der Waals surface area contributed by atoms with E-state index in [1.807, 2.05) is 6.07 Å². The molecule has 4 nitrogen and oxygen atoms in total. The molecule has 0 unspecified atom stereocenters. The second-order valence-corrected chi connectivity index (χ2v) is 7.19. The molecule has 0 heterocycles. The smallest absolute Gasteiger partial charge is 0.204 e. The van der Waals surface area contributed by atoms with Crippen LogP contribution in [-0.4, -0.2) is 20.5 Å². The molecule has 0 bridgehead atoms. The summed E-state index contributed by atoms with van der Waals surface area (Å²) >= 11 is 5.78. The third-order valence-corrected chi connectivity index (χ3v) is 4.35. The van der Waals surface area contributed by atoms with Crippen LogP contribution in [-0.2, 0) is 9.84 Å². The summed E-state index contributed by atoms with van der Waals surface area (Å²) in [5, 5.41) is 9.30. The van der Waals surface area contributed by atoms with E-state index in [2.05, 4.69) is 0 Å². The Morgan fingerprint density at radius 1 is 1.45 bits per heavy atom. The Morgan fingerprint density at radius 3 is 2.60 bits per heavy atom. The summed E-state index contributed by atoms with van der Waals surface area (Å²) < 4.78 is 23.5. The van der Waals surface area contributed by atoms with Gasteiger partial charge in [-0.15, -0.1) is 0 Å². The van der Waals surface area contributed by atoms with E-state index in [4.69, 9.17) is 16.9 Å². The second-order valence-electron chi connectivity index (χ2n) is 4.77. The summed E-state index contributed by atoms with van der Waals surface area (Å²) in [6.07, 6.45) is 4.53. The van der Waals surface area contributed by atoms with E-state index >= 15 is 0 Å². The molecule has 0 spiro atoms. The summed E-state index contributed by atoms with van der Waals surface area (Å²) in [7, 11) is -3.60. The molecule has 0 aliphatic heterocycles. The van der Waals surface area contributed by atoms with Crippen molar-refractivity contribution in [2.45, 2.75) is 17.7 Å². The molecule has 0 N–H and O–H groups in total. The molecule has 2 rings (SSSR count). The number of sulfone groups is 1. The molecule has 1 fully saturated rings. The van der Waals surface area contributed by atoms with Crippen LogP contribution in [0, 0.1) is 17.2 Å². The van der Waals surface area contributed by atoms with Crippen molar-refractivity contribution in [3.8, 4) is 6.07 Å². The first kappa shape index (κ1) is 14.8. The molecule has 0 saturated heterocycles. The van der Waals surface area contributed by atoms with Gasteiger partial charge in [0.05, 0.1) is 10.5 Å². The van der Waals surface area contributed by atoms with Gasteiger partial charge in [0, 0.05) is 16.8 Å². The van der Waals surface area contributed by atoms with Gasteiger partial charge in [0.15, 0.2) is 9.84 Å². The number of hydrogen-bond acceptors (Lipinski definition) is 4. The van der Waals surface area contributed by atoms with Crippen molar-refractivity contribution in [1.29, 1.82) is 5.26 Å². The maximum Gasteiger partial charge on any atom is 0.204 e. The van der Waals surface area contributed by atoms with Gasteiger partial charge in [-0.05, 0) is 37.0 Å². The van der Waals surface area contributed by atoms with Gasteiger partial charge in [-0.25, -0.2) is 8.42 Å². The molecule has 1 aliphatic rings. The zero-order chi connectivity index (χ0) is 14.9. The topological polar surface area (TPSA) is 75.0 Å². The lowest BCUT2D eigenvalue weighted by atomic mass is 10.0. The van der Waals surface area contributed by atoms with E-state index in [1.54, 1.807) is 6.08 Å². The normalized spacial score (nSPS) is 15.8. The average Bonchev–Trinajstić information content (AvgIpc) is 3.18. The van der Waals surface area contributed by atoms with Crippen molar-refractivity contribution in [2.24, 2.45) is 5.92 Å². The molecule has 0 amide bonds. The fourth-order valence-corrected chi connectivity index (χ4v) is 2.94. The Hall–Kier alpha value is -1.64. The first-order valence-corrected chi connectivity index (χ1v) is 8.26. The van der Waals surface area contributed by atoms with Gasteiger partial charge in [-0.2, -0.15) is 5.26 Å². The number of nitriles is 1. The number of benzene rings is 1. The van der Waals surface area contributed by atoms with Crippen molar-refractivity contribution in [3.05, 3.63) is 40.4 Å². The first-order valence-electron chi connectivity index (χ1n) is 5.99. The summed E-state index contributed by atoms with van der Waals surface area (Å²) in [5.74, 6) is -0.320. The molecule has 1 aromatic carbocycles. The van der Waals surface area contributed by atoms with Crippen molar-refractivity contribution in [1.82, 2.24) is 0 Å². The van der Waals surface area contributed by atoms with Crippen molar-refractivity contribution in [2.75, 3.05) is 6.26 Å². The minimum absolute atomic E-state index is 0.00894. The lowest BCUT2D eigenvalue weighted by Crippen LogP contribution is -2.10. The molecule has 104 valence electrons. The lowest BCUT2D eigenvalue weighted by Gasteiger charge is -2.07. The third kappa shape index (κ3) is 3.27. The Bertz CT molecular complexity index is 740. The fourth-order valence-electron chi connectivity index (χ4n) is 1.80. The second kappa shape index (κ2) is 5.39. The maximum absolute atomic E-state index is 12.3. The van der Waals surface area contributed by atoms with Gasteiger partial charge in [0.2, 0.25) is 5.78 Å². The molecule has 1 saturated carbocycles. The van der Waals surface area contributed by atoms with Gasteiger partial charge in [0.1, 0.15) is 6.07 Å². The highest BCUT2D eigenvalue weighted by Crippen LogP contribution is 2.32. The Balaban J connectivity index is 2.52. The van der Waals surface area contributed by atoms with Gasteiger partial charge < -0.3 is 0 Å². The molecule has 6 heteroatoms. The van der Waals surface area contributed by atoms with E-state index in [0.717, 1.165) is 19.1 Å². The van der Waals surface area contributed by atoms with Crippen molar-refractivity contribution in [3.63, 3.8) is 0 Å². The number of carbonyl (C=O) groups excluding carboxylic acids is 1.